The fraction of sp³-hybridized carbons (Fsp3) is 0.150. The number of aliphatic hydroxyl groups excluding tert-OH is 1. The van der Waals surface area contributed by atoms with Crippen molar-refractivity contribution < 1.29 is 9.50 Å². The van der Waals surface area contributed by atoms with Gasteiger partial charge in [-0.15, -0.1) is 0 Å². The van der Waals surface area contributed by atoms with Gasteiger partial charge in [-0.05, 0) is 69.0 Å². The largest absolute Gasteiger partial charge is 0.374 e. The van der Waals surface area contributed by atoms with Gasteiger partial charge in [0.15, 0.2) is 0 Å². The average molecular weight is 470 g/mol. The minimum atomic E-state index is -0.958. The normalized spacial score (nSPS) is 12.4. The zero-order valence-electron chi connectivity index (χ0n) is 14.1. The van der Waals surface area contributed by atoms with E-state index in [4.69, 9.17) is 23.2 Å². The summed E-state index contributed by atoms with van der Waals surface area (Å²) in [6.07, 6.45) is 2.48. The number of halogens is 4. The molecule has 0 aliphatic rings. The topological polar surface area (TPSA) is 36.4 Å². The van der Waals surface area contributed by atoms with E-state index in [0.717, 1.165) is 11.1 Å². The summed E-state index contributed by atoms with van der Waals surface area (Å²) in [5.41, 5.74) is 2.36. The van der Waals surface area contributed by atoms with Gasteiger partial charge < -0.3 is 5.11 Å². The molecule has 0 bridgehead atoms. The Bertz CT molecular complexity index is 907. The molecule has 140 valence electrons. The van der Waals surface area contributed by atoms with Gasteiger partial charge in [0.2, 0.25) is 0 Å². The molecule has 2 aromatic carbocycles. The van der Waals surface area contributed by atoms with Gasteiger partial charge >= 0.3 is 0 Å². The fourth-order valence-electron chi connectivity index (χ4n) is 2.78. The number of pyridine rings is 1. The molecule has 3 aromatic rings. The van der Waals surface area contributed by atoms with Crippen molar-refractivity contribution in [2.45, 2.75) is 19.3 Å². The van der Waals surface area contributed by atoms with E-state index >= 15 is 0 Å². The monoisotopic (exact) mass is 468 g/mol. The number of nitrogens with zero attached hydrogens (tertiary/aromatic N) is 2. The molecule has 1 aromatic heterocycles. The molecule has 0 aliphatic carbocycles. The van der Waals surface area contributed by atoms with E-state index in [2.05, 4.69) is 20.9 Å². The summed E-state index contributed by atoms with van der Waals surface area (Å²) in [5.74, 6) is -0.383. The number of hydrogen-bond donors (Lipinski definition) is 1. The number of benzene rings is 2. The Kier molecular flexibility index (Phi) is 6.84. The van der Waals surface area contributed by atoms with Crippen molar-refractivity contribution in [3.8, 4) is 0 Å². The number of aromatic nitrogens is 1. The SMILES string of the molecule is OC(c1ccc(F)c(Br)c1)N(Cc1cccnc1)Cc1cc(Cl)cc(Cl)c1. The molecule has 0 spiro atoms. The molecule has 0 saturated heterocycles. The number of rotatable bonds is 6. The second kappa shape index (κ2) is 9.13. The van der Waals surface area contributed by atoms with Crippen molar-refractivity contribution in [3.05, 3.63) is 98.0 Å². The third-order valence-electron chi connectivity index (χ3n) is 4.00. The lowest BCUT2D eigenvalue weighted by molar-refractivity contribution is -0.0107. The molecule has 0 amide bonds. The van der Waals surface area contributed by atoms with Crippen LogP contribution in [0, 0.1) is 5.82 Å². The van der Waals surface area contributed by atoms with Crippen LogP contribution >= 0.6 is 39.1 Å². The van der Waals surface area contributed by atoms with Crippen LogP contribution in [0.4, 0.5) is 4.39 Å². The van der Waals surface area contributed by atoms with E-state index in [0.29, 0.717) is 33.2 Å². The van der Waals surface area contributed by atoms with Gasteiger partial charge in [0.25, 0.3) is 0 Å². The Morgan fingerprint density at radius 3 is 2.37 bits per heavy atom. The van der Waals surface area contributed by atoms with Gasteiger partial charge in [-0.3, -0.25) is 9.88 Å². The molecule has 3 nitrogen and oxygen atoms in total. The highest BCUT2D eigenvalue weighted by molar-refractivity contribution is 9.10. The summed E-state index contributed by atoms with van der Waals surface area (Å²) < 4.78 is 13.9. The van der Waals surface area contributed by atoms with E-state index in [1.54, 1.807) is 42.7 Å². The van der Waals surface area contributed by atoms with E-state index < -0.39 is 6.23 Å². The average Bonchev–Trinajstić information content (AvgIpc) is 2.63. The second-order valence-corrected chi connectivity index (χ2v) is 7.82. The fourth-order valence-corrected chi connectivity index (χ4v) is 3.74. The molecular formula is C20H16BrCl2FN2O. The van der Waals surface area contributed by atoms with Crippen molar-refractivity contribution in [2.75, 3.05) is 0 Å². The van der Waals surface area contributed by atoms with Crippen LogP contribution in [0.15, 0.2) is 65.4 Å². The summed E-state index contributed by atoms with van der Waals surface area (Å²) in [6.45, 7) is 0.833. The molecule has 0 radical (unpaired) electrons. The standard InChI is InChI=1S/C20H16BrCl2FN2O/c21-18-8-15(3-4-19(18)24)20(27)26(11-13-2-1-5-25-10-13)12-14-6-16(22)9-17(23)7-14/h1-10,20,27H,11-12H2. The molecule has 0 fully saturated rings. The lowest BCUT2D eigenvalue weighted by Crippen LogP contribution is -2.28. The summed E-state index contributed by atoms with van der Waals surface area (Å²) in [7, 11) is 0. The van der Waals surface area contributed by atoms with Crippen LogP contribution in [0.2, 0.25) is 10.0 Å². The maximum atomic E-state index is 13.6. The predicted octanol–water partition coefficient (Wildman–Crippen LogP) is 5.98. The molecule has 27 heavy (non-hydrogen) atoms. The van der Waals surface area contributed by atoms with Gasteiger partial charge in [0, 0.05) is 35.5 Å². The zero-order valence-corrected chi connectivity index (χ0v) is 17.2. The third-order valence-corrected chi connectivity index (χ3v) is 5.05. The molecule has 0 aliphatic heterocycles. The quantitative estimate of drug-likeness (QED) is 0.451. The van der Waals surface area contributed by atoms with E-state index in [9.17, 15) is 9.50 Å². The molecule has 1 N–H and O–H groups in total. The van der Waals surface area contributed by atoms with Gasteiger partial charge in [-0.1, -0.05) is 35.3 Å². The van der Waals surface area contributed by atoms with Gasteiger partial charge in [-0.25, -0.2) is 4.39 Å². The lowest BCUT2D eigenvalue weighted by Gasteiger charge is -2.28. The first-order valence-electron chi connectivity index (χ1n) is 8.13. The van der Waals surface area contributed by atoms with E-state index in [1.165, 1.54) is 6.07 Å². The van der Waals surface area contributed by atoms with Crippen LogP contribution in [0.3, 0.4) is 0 Å². The van der Waals surface area contributed by atoms with Crippen LogP contribution < -0.4 is 0 Å². The first-order valence-corrected chi connectivity index (χ1v) is 9.68. The van der Waals surface area contributed by atoms with Crippen LogP contribution in [0.5, 0.6) is 0 Å². The summed E-state index contributed by atoms with van der Waals surface area (Å²) in [5, 5.41) is 12.0. The van der Waals surface area contributed by atoms with Gasteiger partial charge in [0.05, 0.1) is 4.47 Å². The third kappa shape index (κ3) is 5.50. The van der Waals surface area contributed by atoms with Crippen molar-refractivity contribution in [2.24, 2.45) is 0 Å². The molecule has 1 unspecified atom stereocenters. The Morgan fingerprint density at radius 2 is 1.74 bits per heavy atom. The maximum Gasteiger partial charge on any atom is 0.137 e. The minimum Gasteiger partial charge on any atom is -0.374 e. The minimum absolute atomic E-state index is 0.297. The highest BCUT2D eigenvalue weighted by atomic mass is 79.9. The number of hydrogen-bond acceptors (Lipinski definition) is 3. The van der Waals surface area contributed by atoms with Crippen molar-refractivity contribution in [3.63, 3.8) is 0 Å². The second-order valence-electron chi connectivity index (χ2n) is 6.09. The van der Waals surface area contributed by atoms with Crippen molar-refractivity contribution >= 4 is 39.1 Å². The zero-order chi connectivity index (χ0) is 19.4. The molecule has 1 atom stereocenters. The number of aliphatic hydroxyl groups is 1. The van der Waals surface area contributed by atoms with Crippen LogP contribution in [0.1, 0.15) is 22.9 Å². The Labute approximate surface area is 175 Å². The first kappa shape index (κ1) is 20.2. The van der Waals surface area contributed by atoms with Crippen LogP contribution in [-0.4, -0.2) is 15.0 Å². The highest BCUT2D eigenvalue weighted by Crippen LogP contribution is 2.28. The van der Waals surface area contributed by atoms with Gasteiger partial charge in [0.1, 0.15) is 12.0 Å². The Morgan fingerprint density at radius 1 is 1.04 bits per heavy atom. The summed E-state index contributed by atoms with van der Waals surface area (Å²) in [4.78, 5) is 5.96. The smallest absolute Gasteiger partial charge is 0.137 e. The molecule has 7 heteroatoms. The van der Waals surface area contributed by atoms with Crippen molar-refractivity contribution in [1.82, 2.24) is 9.88 Å². The molecular weight excluding hydrogens is 454 g/mol. The van der Waals surface area contributed by atoms with E-state index in [-0.39, 0.29) is 5.82 Å². The maximum absolute atomic E-state index is 13.6. The van der Waals surface area contributed by atoms with Crippen LogP contribution in [0.25, 0.3) is 0 Å². The van der Waals surface area contributed by atoms with E-state index in [1.807, 2.05) is 17.0 Å². The Hall–Kier alpha value is -1.50. The molecule has 1 heterocycles. The predicted molar refractivity (Wildman–Crippen MR) is 109 cm³/mol. The highest BCUT2D eigenvalue weighted by Gasteiger charge is 2.20. The lowest BCUT2D eigenvalue weighted by atomic mass is 10.1. The Balaban J connectivity index is 1.91. The van der Waals surface area contributed by atoms with Gasteiger partial charge in [-0.2, -0.15) is 0 Å². The van der Waals surface area contributed by atoms with Crippen molar-refractivity contribution in [1.29, 1.82) is 0 Å². The van der Waals surface area contributed by atoms with Crippen LogP contribution in [-0.2, 0) is 13.1 Å². The summed E-state index contributed by atoms with van der Waals surface area (Å²) >= 11 is 15.4. The first-order chi connectivity index (χ1) is 12.9. The molecule has 0 saturated carbocycles. The summed E-state index contributed by atoms with van der Waals surface area (Å²) in [6, 6.07) is 13.5. The molecule has 3 rings (SSSR count).